The Morgan fingerprint density at radius 2 is 1.16 bits per heavy atom. The maximum Gasteiger partial charge on any atom is 0.136 e. The molecule has 0 N–H and O–H groups in total. The summed E-state index contributed by atoms with van der Waals surface area (Å²) >= 11 is 1.86. The van der Waals surface area contributed by atoms with E-state index in [4.69, 9.17) is 4.42 Å². The van der Waals surface area contributed by atoms with Crippen LogP contribution in [0.25, 0.3) is 64.4 Å². The van der Waals surface area contributed by atoms with Gasteiger partial charge in [-0.15, -0.1) is 11.3 Å². The molecule has 0 spiro atoms. The van der Waals surface area contributed by atoms with Gasteiger partial charge in [0, 0.05) is 30.9 Å². The molecule has 32 heavy (non-hydrogen) atoms. The Bertz CT molecular complexity index is 1770. The lowest BCUT2D eigenvalue weighted by Crippen LogP contribution is -1.80. The topological polar surface area (TPSA) is 13.1 Å². The number of hydrogen-bond donors (Lipinski definition) is 0. The van der Waals surface area contributed by atoms with Crippen LogP contribution in [0.1, 0.15) is 0 Å². The molecular weight excluding hydrogens is 408 g/mol. The summed E-state index contributed by atoms with van der Waals surface area (Å²) in [6, 6.07) is 38.9. The predicted octanol–water partition coefficient (Wildman–Crippen LogP) is 9.29. The SMILES string of the molecule is c1ccc(-c2ccc3sc4ccc(-c5cccc6oc7ccccc7c56)cc4c3c2)cc1. The molecule has 0 saturated heterocycles. The van der Waals surface area contributed by atoms with Crippen LogP contribution in [0, 0.1) is 0 Å². The van der Waals surface area contributed by atoms with E-state index in [1.165, 1.54) is 53.2 Å². The molecule has 2 heterocycles. The van der Waals surface area contributed by atoms with Gasteiger partial charge < -0.3 is 4.42 Å². The van der Waals surface area contributed by atoms with Gasteiger partial charge in [0.05, 0.1) is 0 Å². The highest BCUT2D eigenvalue weighted by molar-refractivity contribution is 7.25. The molecule has 5 aromatic carbocycles. The van der Waals surface area contributed by atoms with Gasteiger partial charge in [-0.2, -0.15) is 0 Å². The Morgan fingerprint density at radius 1 is 0.469 bits per heavy atom. The lowest BCUT2D eigenvalue weighted by molar-refractivity contribution is 0.669. The zero-order valence-electron chi connectivity index (χ0n) is 17.2. The monoisotopic (exact) mass is 426 g/mol. The zero-order valence-corrected chi connectivity index (χ0v) is 18.0. The van der Waals surface area contributed by atoms with Crippen LogP contribution in [0.3, 0.4) is 0 Å². The number of thiophene rings is 1. The van der Waals surface area contributed by atoms with Crippen molar-refractivity contribution in [2.75, 3.05) is 0 Å². The number of hydrogen-bond acceptors (Lipinski definition) is 2. The van der Waals surface area contributed by atoms with Crippen molar-refractivity contribution in [1.29, 1.82) is 0 Å². The van der Waals surface area contributed by atoms with Crippen molar-refractivity contribution in [1.82, 2.24) is 0 Å². The second kappa shape index (κ2) is 6.81. The summed E-state index contributed by atoms with van der Waals surface area (Å²) in [6.07, 6.45) is 0. The number of fused-ring (bicyclic) bond motifs is 6. The third kappa shape index (κ3) is 2.63. The molecule has 0 aliphatic rings. The number of furan rings is 1. The average molecular weight is 427 g/mol. The van der Waals surface area contributed by atoms with E-state index in [-0.39, 0.29) is 0 Å². The van der Waals surface area contributed by atoms with Gasteiger partial charge in [0.25, 0.3) is 0 Å². The van der Waals surface area contributed by atoms with Gasteiger partial charge >= 0.3 is 0 Å². The highest BCUT2D eigenvalue weighted by Crippen LogP contribution is 2.41. The standard InChI is InChI=1S/C30H18OS/c1-2-7-19(8-3-1)20-13-15-28-24(17-20)25-18-21(14-16-29(25)32-28)22-10-6-12-27-30(22)23-9-4-5-11-26(23)31-27/h1-18H. The molecule has 0 bridgehead atoms. The first-order valence-corrected chi connectivity index (χ1v) is 11.6. The molecule has 7 aromatic rings. The van der Waals surface area contributed by atoms with Crippen LogP contribution in [0.15, 0.2) is 114 Å². The third-order valence-electron chi connectivity index (χ3n) is 6.29. The molecule has 0 unspecified atom stereocenters. The molecule has 0 saturated carbocycles. The highest BCUT2D eigenvalue weighted by atomic mass is 32.1. The van der Waals surface area contributed by atoms with Gasteiger partial charge in [0.2, 0.25) is 0 Å². The maximum atomic E-state index is 6.12. The lowest BCUT2D eigenvalue weighted by atomic mass is 9.97. The van der Waals surface area contributed by atoms with E-state index in [0.29, 0.717) is 0 Å². The minimum atomic E-state index is 0.935. The normalized spacial score (nSPS) is 11.8. The van der Waals surface area contributed by atoms with E-state index < -0.39 is 0 Å². The quantitative estimate of drug-likeness (QED) is 0.268. The van der Waals surface area contributed by atoms with Crippen molar-refractivity contribution < 1.29 is 4.42 Å². The third-order valence-corrected chi connectivity index (χ3v) is 7.44. The molecule has 7 rings (SSSR count). The van der Waals surface area contributed by atoms with E-state index in [1.54, 1.807) is 0 Å². The average Bonchev–Trinajstić information content (AvgIpc) is 3.42. The Balaban J connectivity index is 1.49. The summed E-state index contributed by atoms with van der Waals surface area (Å²) in [5.74, 6) is 0. The van der Waals surface area contributed by atoms with Crippen LogP contribution < -0.4 is 0 Å². The van der Waals surface area contributed by atoms with Crippen LogP contribution in [0.2, 0.25) is 0 Å². The minimum absolute atomic E-state index is 0.935. The minimum Gasteiger partial charge on any atom is -0.456 e. The van der Waals surface area contributed by atoms with Gasteiger partial charge in [-0.25, -0.2) is 0 Å². The Kier molecular flexibility index (Phi) is 3.78. The number of benzene rings is 5. The molecule has 0 atom stereocenters. The van der Waals surface area contributed by atoms with Gasteiger partial charge in [-0.1, -0.05) is 72.8 Å². The maximum absolute atomic E-state index is 6.12. The molecule has 0 amide bonds. The zero-order chi connectivity index (χ0) is 21.1. The lowest BCUT2D eigenvalue weighted by Gasteiger charge is -2.05. The van der Waals surface area contributed by atoms with Crippen LogP contribution in [-0.2, 0) is 0 Å². The molecule has 2 heteroatoms. The molecule has 0 aliphatic heterocycles. The summed E-state index contributed by atoms with van der Waals surface area (Å²) in [6.45, 7) is 0. The molecule has 0 fully saturated rings. The predicted molar refractivity (Wildman–Crippen MR) is 137 cm³/mol. The van der Waals surface area contributed by atoms with E-state index >= 15 is 0 Å². The number of rotatable bonds is 2. The highest BCUT2D eigenvalue weighted by Gasteiger charge is 2.14. The molecule has 0 radical (unpaired) electrons. The first-order valence-electron chi connectivity index (χ1n) is 10.8. The van der Waals surface area contributed by atoms with E-state index in [2.05, 4.69) is 97.1 Å². The van der Waals surface area contributed by atoms with Gasteiger partial charge in [-0.3, -0.25) is 0 Å². The molecule has 2 aromatic heterocycles. The van der Waals surface area contributed by atoms with Crippen molar-refractivity contribution in [2.24, 2.45) is 0 Å². The van der Waals surface area contributed by atoms with E-state index in [1.807, 2.05) is 23.5 Å². The fraction of sp³-hybridized carbons (Fsp3) is 0. The van der Waals surface area contributed by atoms with Crippen molar-refractivity contribution >= 4 is 53.4 Å². The van der Waals surface area contributed by atoms with Crippen molar-refractivity contribution in [3.05, 3.63) is 109 Å². The largest absolute Gasteiger partial charge is 0.456 e. The fourth-order valence-corrected chi connectivity index (χ4v) is 5.84. The molecule has 150 valence electrons. The Morgan fingerprint density at radius 3 is 2.00 bits per heavy atom. The fourth-order valence-electron chi connectivity index (χ4n) is 4.77. The Labute approximate surface area is 189 Å². The molecule has 1 nitrogen and oxygen atoms in total. The van der Waals surface area contributed by atoms with Crippen molar-refractivity contribution in [2.45, 2.75) is 0 Å². The first-order chi connectivity index (χ1) is 15.8. The summed E-state index contributed by atoms with van der Waals surface area (Å²) in [5.41, 5.74) is 6.81. The second-order valence-corrected chi connectivity index (χ2v) is 9.25. The van der Waals surface area contributed by atoms with Crippen molar-refractivity contribution in [3.63, 3.8) is 0 Å². The summed E-state index contributed by atoms with van der Waals surface area (Å²) in [5, 5.41) is 4.98. The number of para-hydroxylation sites is 1. The summed E-state index contributed by atoms with van der Waals surface area (Å²) < 4.78 is 8.76. The van der Waals surface area contributed by atoms with Crippen LogP contribution in [0.5, 0.6) is 0 Å². The summed E-state index contributed by atoms with van der Waals surface area (Å²) in [4.78, 5) is 0. The van der Waals surface area contributed by atoms with Crippen molar-refractivity contribution in [3.8, 4) is 22.3 Å². The molecular formula is C30H18OS. The van der Waals surface area contributed by atoms with Crippen LogP contribution in [0.4, 0.5) is 0 Å². The van der Waals surface area contributed by atoms with Crippen LogP contribution >= 0.6 is 11.3 Å². The molecule has 0 aliphatic carbocycles. The van der Waals surface area contributed by atoms with Gasteiger partial charge in [0.15, 0.2) is 0 Å². The van der Waals surface area contributed by atoms with Crippen LogP contribution in [-0.4, -0.2) is 0 Å². The van der Waals surface area contributed by atoms with E-state index in [0.717, 1.165) is 11.2 Å². The Hall–Kier alpha value is -3.88. The van der Waals surface area contributed by atoms with Gasteiger partial charge in [0.1, 0.15) is 11.2 Å². The summed E-state index contributed by atoms with van der Waals surface area (Å²) in [7, 11) is 0. The smallest absolute Gasteiger partial charge is 0.136 e. The second-order valence-electron chi connectivity index (χ2n) is 8.17. The van der Waals surface area contributed by atoms with E-state index in [9.17, 15) is 0 Å². The first kappa shape index (κ1) is 17.8. The van der Waals surface area contributed by atoms with Gasteiger partial charge in [-0.05, 0) is 58.7 Å².